The molecule has 1 rings (SSSR count). The third-order valence-electron chi connectivity index (χ3n) is 1.60. The fourth-order valence-corrected chi connectivity index (χ4v) is 1.11. The highest BCUT2D eigenvalue weighted by Gasteiger charge is 2.12. The molecule has 0 spiro atoms. The average molecular weight is 212 g/mol. The Morgan fingerprint density at radius 1 is 1.79 bits per heavy atom. The van der Waals surface area contributed by atoms with Crippen molar-refractivity contribution in [1.82, 2.24) is 5.32 Å². The van der Waals surface area contributed by atoms with E-state index in [9.17, 15) is 4.79 Å². The van der Waals surface area contributed by atoms with Crippen LogP contribution in [-0.2, 0) is 0 Å². The van der Waals surface area contributed by atoms with Gasteiger partial charge in [0.15, 0.2) is 11.0 Å². The van der Waals surface area contributed by atoms with E-state index in [4.69, 9.17) is 22.4 Å². The lowest BCUT2D eigenvalue weighted by Crippen LogP contribution is -2.31. The molecule has 1 aromatic rings. The first-order valence-corrected chi connectivity index (χ1v) is 4.51. The van der Waals surface area contributed by atoms with Crippen molar-refractivity contribution >= 4 is 17.5 Å². The van der Waals surface area contributed by atoms with Crippen molar-refractivity contribution in [3.63, 3.8) is 0 Å². The number of amides is 1. The SMILES string of the molecule is C#CCC(C)NC(=O)c1ccc(Cl)o1. The van der Waals surface area contributed by atoms with Gasteiger partial charge in [-0.2, -0.15) is 0 Å². The van der Waals surface area contributed by atoms with Gasteiger partial charge in [-0.3, -0.25) is 4.79 Å². The lowest BCUT2D eigenvalue weighted by Gasteiger charge is -2.08. The standard InChI is InChI=1S/C10H10ClNO2/c1-3-4-7(2)12-10(13)8-5-6-9(11)14-8/h1,5-7H,4H2,2H3,(H,12,13). The number of halogens is 1. The first kappa shape index (κ1) is 10.7. The van der Waals surface area contributed by atoms with Crippen LogP contribution in [0.5, 0.6) is 0 Å². The summed E-state index contributed by atoms with van der Waals surface area (Å²) in [6.45, 7) is 1.82. The normalized spacial score (nSPS) is 11.8. The lowest BCUT2D eigenvalue weighted by atomic mass is 10.2. The van der Waals surface area contributed by atoms with Crippen molar-refractivity contribution in [2.24, 2.45) is 0 Å². The average Bonchev–Trinajstić information content (AvgIpc) is 2.52. The van der Waals surface area contributed by atoms with Crippen LogP contribution in [0.1, 0.15) is 23.9 Å². The summed E-state index contributed by atoms with van der Waals surface area (Å²) in [5.74, 6) is 2.35. The van der Waals surface area contributed by atoms with Gasteiger partial charge in [-0.05, 0) is 30.7 Å². The quantitative estimate of drug-likeness (QED) is 0.778. The molecule has 0 saturated carbocycles. The van der Waals surface area contributed by atoms with Gasteiger partial charge in [0.05, 0.1) is 0 Å². The van der Waals surface area contributed by atoms with E-state index in [1.54, 1.807) is 0 Å². The monoisotopic (exact) mass is 211 g/mol. The van der Waals surface area contributed by atoms with E-state index in [1.165, 1.54) is 12.1 Å². The maximum atomic E-state index is 11.4. The van der Waals surface area contributed by atoms with E-state index < -0.39 is 0 Å². The topological polar surface area (TPSA) is 42.2 Å². The van der Waals surface area contributed by atoms with Crippen molar-refractivity contribution < 1.29 is 9.21 Å². The molecule has 1 atom stereocenters. The van der Waals surface area contributed by atoms with Crippen molar-refractivity contribution in [2.75, 3.05) is 0 Å². The number of carbonyl (C=O) groups excluding carboxylic acids is 1. The second-order valence-corrected chi connectivity index (χ2v) is 3.26. The first-order valence-electron chi connectivity index (χ1n) is 4.13. The summed E-state index contributed by atoms with van der Waals surface area (Å²) in [6, 6.07) is 2.96. The fourth-order valence-electron chi connectivity index (χ4n) is 0.959. The summed E-state index contributed by atoms with van der Waals surface area (Å²) in [4.78, 5) is 11.4. The molecule has 0 aliphatic heterocycles. The van der Waals surface area contributed by atoms with Gasteiger partial charge in [0.25, 0.3) is 5.91 Å². The molecule has 1 amide bonds. The van der Waals surface area contributed by atoms with Gasteiger partial charge in [-0.15, -0.1) is 12.3 Å². The van der Waals surface area contributed by atoms with E-state index in [2.05, 4.69) is 11.2 Å². The van der Waals surface area contributed by atoms with Crippen LogP contribution in [0.4, 0.5) is 0 Å². The second kappa shape index (κ2) is 4.73. The minimum absolute atomic E-state index is 0.0728. The van der Waals surface area contributed by atoms with E-state index in [1.807, 2.05) is 6.92 Å². The van der Waals surface area contributed by atoms with Crippen molar-refractivity contribution in [1.29, 1.82) is 0 Å². The van der Waals surface area contributed by atoms with E-state index >= 15 is 0 Å². The minimum atomic E-state index is -0.306. The predicted molar refractivity (Wildman–Crippen MR) is 54.1 cm³/mol. The smallest absolute Gasteiger partial charge is 0.287 e. The molecule has 4 heteroatoms. The second-order valence-electron chi connectivity index (χ2n) is 2.89. The maximum absolute atomic E-state index is 11.4. The highest BCUT2D eigenvalue weighted by molar-refractivity contribution is 6.29. The van der Waals surface area contributed by atoms with Crippen LogP contribution in [0.25, 0.3) is 0 Å². The largest absolute Gasteiger partial charge is 0.440 e. The summed E-state index contributed by atoms with van der Waals surface area (Å²) in [5, 5.41) is 2.87. The van der Waals surface area contributed by atoms with Gasteiger partial charge >= 0.3 is 0 Å². The van der Waals surface area contributed by atoms with Crippen LogP contribution in [-0.4, -0.2) is 11.9 Å². The molecule has 74 valence electrons. The van der Waals surface area contributed by atoms with Gasteiger partial charge in [-0.1, -0.05) is 0 Å². The summed E-state index contributed by atoms with van der Waals surface area (Å²) >= 11 is 5.52. The third kappa shape index (κ3) is 2.82. The van der Waals surface area contributed by atoms with Crippen LogP contribution in [0.15, 0.2) is 16.5 Å². The molecule has 14 heavy (non-hydrogen) atoms. The number of nitrogens with one attached hydrogen (secondary N) is 1. The van der Waals surface area contributed by atoms with Crippen LogP contribution in [0.2, 0.25) is 5.22 Å². The maximum Gasteiger partial charge on any atom is 0.287 e. The van der Waals surface area contributed by atoms with Crippen LogP contribution in [0.3, 0.4) is 0 Å². The lowest BCUT2D eigenvalue weighted by molar-refractivity contribution is 0.0913. The Morgan fingerprint density at radius 3 is 3.00 bits per heavy atom. The number of hydrogen-bond acceptors (Lipinski definition) is 2. The Bertz CT molecular complexity index is 364. The predicted octanol–water partition coefficient (Wildman–Crippen LogP) is 2.07. The van der Waals surface area contributed by atoms with Crippen LogP contribution < -0.4 is 5.32 Å². The molecule has 0 aliphatic carbocycles. The Morgan fingerprint density at radius 2 is 2.50 bits per heavy atom. The molecule has 0 bridgehead atoms. The van der Waals surface area contributed by atoms with Gasteiger partial charge < -0.3 is 9.73 Å². The molecule has 0 radical (unpaired) electrons. The van der Waals surface area contributed by atoms with Crippen molar-refractivity contribution in [3.8, 4) is 12.3 Å². The molecule has 1 N–H and O–H groups in total. The highest BCUT2D eigenvalue weighted by Crippen LogP contribution is 2.12. The molecule has 1 heterocycles. The van der Waals surface area contributed by atoms with Gasteiger partial charge in [-0.25, -0.2) is 0 Å². The Labute approximate surface area is 87.4 Å². The van der Waals surface area contributed by atoms with Crippen molar-refractivity contribution in [2.45, 2.75) is 19.4 Å². The molecular formula is C10H10ClNO2. The van der Waals surface area contributed by atoms with Gasteiger partial charge in [0, 0.05) is 12.5 Å². The zero-order valence-electron chi connectivity index (χ0n) is 7.71. The fraction of sp³-hybridized carbons (Fsp3) is 0.300. The number of terminal acetylenes is 1. The molecular weight excluding hydrogens is 202 g/mol. The third-order valence-corrected chi connectivity index (χ3v) is 1.80. The first-order chi connectivity index (χ1) is 6.63. The highest BCUT2D eigenvalue weighted by atomic mass is 35.5. The summed E-state index contributed by atoms with van der Waals surface area (Å²) in [7, 11) is 0. The Kier molecular flexibility index (Phi) is 3.61. The Hall–Kier alpha value is -1.40. The Balaban J connectivity index is 2.55. The molecule has 0 aliphatic rings. The molecule has 3 nitrogen and oxygen atoms in total. The number of rotatable bonds is 3. The molecule has 0 aromatic carbocycles. The molecule has 1 unspecified atom stereocenters. The van der Waals surface area contributed by atoms with E-state index in [-0.39, 0.29) is 22.9 Å². The molecule has 0 fully saturated rings. The summed E-state index contributed by atoms with van der Waals surface area (Å²) < 4.78 is 4.93. The van der Waals surface area contributed by atoms with Gasteiger partial charge in [0.1, 0.15) is 0 Å². The summed E-state index contributed by atoms with van der Waals surface area (Å²) in [6.07, 6.45) is 5.59. The van der Waals surface area contributed by atoms with E-state index in [0.717, 1.165) is 0 Å². The number of hydrogen-bond donors (Lipinski definition) is 1. The van der Waals surface area contributed by atoms with Crippen LogP contribution in [0, 0.1) is 12.3 Å². The zero-order chi connectivity index (χ0) is 10.6. The zero-order valence-corrected chi connectivity index (χ0v) is 8.47. The molecule has 1 aromatic heterocycles. The minimum Gasteiger partial charge on any atom is -0.440 e. The van der Waals surface area contributed by atoms with Crippen molar-refractivity contribution in [3.05, 3.63) is 23.1 Å². The van der Waals surface area contributed by atoms with E-state index in [0.29, 0.717) is 6.42 Å². The van der Waals surface area contributed by atoms with Crippen LogP contribution >= 0.6 is 11.6 Å². The molecule has 0 saturated heterocycles. The number of carbonyl (C=O) groups is 1. The number of furan rings is 1. The summed E-state index contributed by atoms with van der Waals surface area (Å²) in [5.41, 5.74) is 0. The van der Waals surface area contributed by atoms with Gasteiger partial charge in [0.2, 0.25) is 0 Å².